The van der Waals surface area contributed by atoms with Gasteiger partial charge in [-0.2, -0.15) is 26.3 Å². The summed E-state index contributed by atoms with van der Waals surface area (Å²) in [5, 5.41) is 0. The number of hydrogen-bond acceptors (Lipinski definition) is 1. The highest BCUT2D eigenvalue weighted by Gasteiger charge is 2.41. The fourth-order valence-corrected chi connectivity index (χ4v) is 1.71. The van der Waals surface area contributed by atoms with Gasteiger partial charge in [-0.3, -0.25) is 0 Å². The minimum absolute atomic E-state index is 0.472. The molecule has 0 aliphatic carbocycles. The monoisotopic (exact) mass is 280 g/mol. The molecule has 0 N–H and O–H groups in total. The first kappa shape index (κ1) is 13.5. The van der Waals surface area contributed by atoms with Crippen molar-refractivity contribution in [3.63, 3.8) is 0 Å². The standard InChI is InChI=1S/C12H6F6O/c13-11(14,15)7-3-1-4-8(12(16,17)18)10(7)9-5-2-6-19-9/h1-6H. The first-order chi connectivity index (χ1) is 8.71. The summed E-state index contributed by atoms with van der Waals surface area (Å²) in [6.07, 6.45) is -8.78. The summed E-state index contributed by atoms with van der Waals surface area (Å²) in [5.74, 6) is -0.472. The second-order valence-corrected chi connectivity index (χ2v) is 3.70. The maximum Gasteiger partial charge on any atom is 0.417 e. The van der Waals surface area contributed by atoms with Gasteiger partial charge in [0.25, 0.3) is 0 Å². The van der Waals surface area contributed by atoms with Crippen LogP contribution in [0.3, 0.4) is 0 Å². The second kappa shape index (κ2) is 4.32. The summed E-state index contributed by atoms with van der Waals surface area (Å²) in [5.41, 5.74) is -3.75. The van der Waals surface area contributed by atoms with Gasteiger partial charge in [-0.15, -0.1) is 0 Å². The van der Waals surface area contributed by atoms with Gasteiger partial charge >= 0.3 is 12.4 Å². The van der Waals surface area contributed by atoms with Crippen LogP contribution in [-0.4, -0.2) is 0 Å². The molecule has 0 fully saturated rings. The van der Waals surface area contributed by atoms with Gasteiger partial charge in [-0.1, -0.05) is 6.07 Å². The Balaban J connectivity index is 2.78. The summed E-state index contributed by atoms with van der Waals surface area (Å²) in [6.45, 7) is 0. The van der Waals surface area contributed by atoms with Crippen LogP contribution in [0.1, 0.15) is 11.1 Å². The molecule has 0 unspecified atom stereocenters. The van der Waals surface area contributed by atoms with Crippen molar-refractivity contribution in [3.05, 3.63) is 47.7 Å². The van der Waals surface area contributed by atoms with Crippen LogP contribution >= 0.6 is 0 Å². The van der Waals surface area contributed by atoms with E-state index in [0.29, 0.717) is 12.1 Å². The Kier molecular flexibility index (Phi) is 3.07. The quantitative estimate of drug-likeness (QED) is 0.671. The summed E-state index contributed by atoms with van der Waals surface area (Å²) in [4.78, 5) is 0. The summed E-state index contributed by atoms with van der Waals surface area (Å²) >= 11 is 0. The molecule has 2 rings (SSSR count). The summed E-state index contributed by atoms with van der Waals surface area (Å²) < 4.78 is 81.5. The Bertz CT molecular complexity index is 533. The van der Waals surface area contributed by atoms with Gasteiger partial charge in [-0.25, -0.2) is 0 Å². The van der Waals surface area contributed by atoms with Gasteiger partial charge in [0, 0.05) is 5.56 Å². The predicted octanol–water partition coefficient (Wildman–Crippen LogP) is 4.98. The van der Waals surface area contributed by atoms with Crippen LogP contribution in [0.25, 0.3) is 11.3 Å². The van der Waals surface area contributed by atoms with Crippen molar-refractivity contribution in [1.29, 1.82) is 0 Å². The number of hydrogen-bond donors (Lipinski definition) is 0. The van der Waals surface area contributed by atoms with E-state index >= 15 is 0 Å². The van der Waals surface area contributed by atoms with Crippen LogP contribution in [0.15, 0.2) is 41.0 Å². The number of furan rings is 1. The van der Waals surface area contributed by atoms with Crippen LogP contribution in [0.2, 0.25) is 0 Å². The Morgan fingerprint density at radius 1 is 0.737 bits per heavy atom. The lowest BCUT2D eigenvalue weighted by Gasteiger charge is -2.17. The molecule has 1 heterocycles. The zero-order valence-corrected chi connectivity index (χ0v) is 9.14. The molecule has 0 spiro atoms. The normalized spacial score (nSPS) is 12.7. The van der Waals surface area contributed by atoms with Gasteiger partial charge in [0.05, 0.1) is 17.4 Å². The molecule has 0 aliphatic heterocycles. The molecular formula is C12H6F6O. The number of alkyl halides is 6. The maximum absolute atomic E-state index is 12.8. The van der Waals surface area contributed by atoms with Gasteiger partial charge in [0.15, 0.2) is 0 Å². The van der Waals surface area contributed by atoms with Crippen molar-refractivity contribution in [1.82, 2.24) is 0 Å². The lowest BCUT2D eigenvalue weighted by molar-refractivity contribution is -0.142. The Morgan fingerprint density at radius 2 is 1.26 bits per heavy atom. The Labute approximate surface area is 103 Å². The van der Waals surface area contributed by atoms with Gasteiger partial charge in [0.2, 0.25) is 0 Å². The highest BCUT2D eigenvalue weighted by molar-refractivity contribution is 5.68. The van der Waals surface area contributed by atoms with Crippen molar-refractivity contribution in [2.75, 3.05) is 0 Å². The molecule has 0 amide bonds. The van der Waals surface area contributed by atoms with Gasteiger partial charge < -0.3 is 4.42 Å². The molecule has 0 radical (unpaired) electrons. The zero-order valence-electron chi connectivity index (χ0n) is 9.14. The largest absolute Gasteiger partial charge is 0.464 e. The van der Waals surface area contributed by atoms with Crippen LogP contribution < -0.4 is 0 Å². The lowest BCUT2D eigenvalue weighted by atomic mass is 9.98. The smallest absolute Gasteiger partial charge is 0.417 e. The summed E-state index contributed by atoms with van der Waals surface area (Å²) in [6, 6.07) is 4.18. The third-order valence-corrected chi connectivity index (χ3v) is 2.44. The third kappa shape index (κ3) is 2.59. The van der Waals surface area contributed by atoms with Gasteiger partial charge in [-0.05, 0) is 24.3 Å². The fraction of sp³-hybridized carbons (Fsp3) is 0.167. The molecule has 0 aliphatic rings. The molecule has 2 aromatic rings. The molecule has 102 valence electrons. The van der Waals surface area contributed by atoms with E-state index < -0.39 is 34.8 Å². The van der Waals surface area contributed by atoms with E-state index in [1.807, 2.05) is 0 Å². The van der Waals surface area contributed by atoms with E-state index in [4.69, 9.17) is 4.42 Å². The van der Waals surface area contributed by atoms with Crippen LogP contribution in [0, 0.1) is 0 Å². The summed E-state index contributed by atoms with van der Waals surface area (Å²) in [7, 11) is 0. The van der Waals surface area contributed by atoms with E-state index in [2.05, 4.69) is 0 Å². The highest BCUT2D eigenvalue weighted by atomic mass is 19.4. The molecule has 0 saturated heterocycles. The van der Waals surface area contributed by atoms with Crippen molar-refractivity contribution in [2.24, 2.45) is 0 Å². The molecule has 0 saturated carbocycles. The van der Waals surface area contributed by atoms with Crippen molar-refractivity contribution >= 4 is 0 Å². The van der Waals surface area contributed by atoms with Gasteiger partial charge in [0.1, 0.15) is 5.76 Å². The third-order valence-electron chi connectivity index (χ3n) is 2.44. The van der Waals surface area contributed by atoms with E-state index in [1.54, 1.807) is 0 Å². The number of halogens is 6. The molecular weight excluding hydrogens is 274 g/mol. The van der Waals surface area contributed by atoms with E-state index in [1.165, 1.54) is 6.07 Å². The minimum Gasteiger partial charge on any atom is -0.464 e. The topological polar surface area (TPSA) is 13.1 Å². The molecule has 0 atom stereocenters. The number of benzene rings is 1. The molecule has 1 nitrogen and oxygen atoms in total. The zero-order chi connectivity index (χ0) is 14.3. The van der Waals surface area contributed by atoms with Crippen LogP contribution in [0.4, 0.5) is 26.3 Å². The molecule has 19 heavy (non-hydrogen) atoms. The SMILES string of the molecule is FC(F)(F)c1cccc(C(F)(F)F)c1-c1ccco1. The van der Waals surface area contributed by atoms with Crippen LogP contribution in [0.5, 0.6) is 0 Å². The second-order valence-electron chi connectivity index (χ2n) is 3.70. The molecule has 7 heteroatoms. The highest BCUT2D eigenvalue weighted by Crippen LogP contribution is 2.44. The van der Waals surface area contributed by atoms with E-state index in [9.17, 15) is 26.3 Å². The first-order valence-electron chi connectivity index (χ1n) is 5.02. The van der Waals surface area contributed by atoms with E-state index in [-0.39, 0.29) is 0 Å². The predicted molar refractivity (Wildman–Crippen MR) is 54.1 cm³/mol. The minimum atomic E-state index is -4.90. The average molecular weight is 280 g/mol. The molecule has 0 bridgehead atoms. The first-order valence-corrected chi connectivity index (χ1v) is 5.02. The Hall–Kier alpha value is -1.92. The maximum atomic E-state index is 12.8. The van der Waals surface area contributed by atoms with Crippen molar-refractivity contribution < 1.29 is 30.8 Å². The number of rotatable bonds is 1. The Morgan fingerprint density at radius 3 is 1.63 bits per heavy atom. The van der Waals surface area contributed by atoms with Crippen molar-refractivity contribution in [2.45, 2.75) is 12.4 Å². The lowest BCUT2D eigenvalue weighted by Crippen LogP contribution is -2.13. The molecule has 1 aromatic heterocycles. The van der Waals surface area contributed by atoms with E-state index in [0.717, 1.165) is 18.4 Å². The van der Waals surface area contributed by atoms with Crippen molar-refractivity contribution in [3.8, 4) is 11.3 Å². The van der Waals surface area contributed by atoms with Crippen LogP contribution in [-0.2, 0) is 12.4 Å². The molecule has 1 aromatic carbocycles. The average Bonchev–Trinajstić information content (AvgIpc) is 2.78. The fourth-order valence-electron chi connectivity index (χ4n) is 1.71.